The van der Waals surface area contributed by atoms with Gasteiger partial charge in [0.1, 0.15) is 0 Å². The van der Waals surface area contributed by atoms with Crippen molar-refractivity contribution in [3.05, 3.63) is 41.2 Å². The van der Waals surface area contributed by atoms with Gasteiger partial charge in [0.05, 0.1) is 0 Å². The van der Waals surface area contributed by atoms with Crippen LogP contribution in [0.15, 0.2) is 41.2 Å². The van der Waals surface area contributed by atoms with Crippen LogP contribution in [0, 0.1) is 0 Å². The number of aliphatic hydroxyl groups is 2. The Bertz CT molecular complexity index is 462. The van der Waals surface area contributed by atoms with E-state index < -0.39 is 5.79 Å². The van der Waals surface area contributed by atoms with Gasteiger partial charge in [-0.05, 0) is 69.1 Å². The second-order valence-electron chi connectivity index (χ2n) is 6.89. The molecule has 0 unspecified atom stereocenters. The lowest BCUT2D eigenvalue weighted by atomic mass is 10.1. The number of unbranched alkanes of at least 4 members (excludes halogenated alkanes) is 4. The van der Waals surface area contributed by atoms with Crippen molar-refractivity contribution in [2.45, 2.75) is 96.7 Å². The third-order valence-corrected chi connectivity index (χ3v) is 4.76. The fourth-order valence-electron chi connectivity index (χ4n) is 3.01. The molecule has 2 N–H and O–H groups in total. The summed E-state index contributed by atoms with van der Waals surface area (Å²) in [5.74, 6) is -1.53. The van der Waals surface area contributed by atoms with Gasteiger partial charge in [0.25, 0.3) is 0 Å². The van der Waals surface area contributed by atoms with E-state index in [1.807, 2.05) is 6.08 Å². The van der Waals surface area contributed by atoms with Gasteiger partial charge in [-0.1, -0.05) is 50.8 Å². The lowest BCUT2D eigenvalue weighted by Gasteiger charge is -2.17. The molecule has 0 saturated carbocycles. The first kappa shape index (κ1) is 21.0. The van der Waals surface area contributed by atoms with Crippen molar-refractivity contribution in [3.8, 4) is 0 Å². The Labute approximate surface area is 148 Å². The second-order valence-corrected chi connectivity index (χ2v) is 6.89. The van der Waals surface area contributed by atoms with Crippen molar-refractivity contribution in [1.82, 2.24) is 0 Å². The zero-order valence-corrected chi connectivity index (χ0v) is 15.7. The minimum absolute atomic E-state index is 0.367. The largest absolute Gasteiger partial charge is 0.366 e. The van der Waals surface area contributed by atoms with Crippen LogP contribution in [0.1, 0.15) is 90.9 Å². The molecule has 136 valence electrons. The predicted molar refractivity (Wildman–Crippen MR) is 103 cm³/mol. The molecule has 24 heavy (non-hydrogen) atoms. The Morgan fingerprint density at radius 3 is 2.62 bits per heavy atom. The van der Waals surface area contributed by atoms with Crippen molar-refractivity contribution in [2.75, 3.05) is 0 Å². The van der Waals surface area contributed by atoms with Gasteiger partial charge in [-0.25, -0.2) is 0 Å². The van der Waals surface area contributed by atoms with Crippen molar-refractivity contribution < 1.29 is 10.2 Å². The summed E-state index contributed by atoms with van der Waals surface area (Å²) in [4.78, 5) is 0. The molecule has 0 fully saturated rings. The normalized spacial score (nSPS) is 15.2. The first-order valence-corrected chi connectivity index (χ1v) is 9.80. The zero-order chi connectivity index (χ0) is 17.7. The van der Waals surface area contributed by atoms with Crippen LogP contribution in [0.25, 0.3) is 0 Å². The fourth-order valence-corrected chi connectivity index (χ4v) is 3.01. The fraction of sp³-hybridized carbons (Fsp3) is 0.682. The van der Waals surface area contributed by atoms with Crippen LogP contribution in [-0.4, -0.2) is 16.0 Å². The molecule has 0 saturated heterocycles. The van der Waals surface area contributed by atoms with Crippen molar-refractivity contribution in [2.24, 2.45) is 0 Å². The van der Waals surface area contributed by atoms with E-state index in [2.05, 4.69) is 30.9 Å². The van der Waals surface area contributed by atoms with Crippen LogP contribution in [-0.2, 0) is 0 Å². The van der Waals surface area contributed by atoms with Gasteiger partial charge in [0.15, 0.2) is 5.79 Å². The smallest absolute Gasteiger partial charge is 0.162 e. The lowest BCUT2D eigenvalue weighted by Crippen LogP contribution is -2.26. The molecule has 1 aliphatic carbocycles. The molecule has 0 aromatic rings. The summed E-state index contributed by atoms with van der Waals surface area (Å²) >= 11 is 0. The summed E-state index contributed by atoms with van der Waals surface area (Å²) in [7, 11) is 0. The molecule has 1 rings (SSSR count). The van der Waals surface area contributed by atoms with Gasteiger partial charge in [0.2, 0.25) is 0 Å². The van der Waals surface area contributed by atoms with E-state index in [1.165, 1.54) is 56.9 Å². The van der Waals surface area contributed by atoms with Gasteiger partial charge >= 0.3 is 0 Å². The van der Waals surface area contributed by atoms with E-state index in [0.717, 1.165) is 6.42 Å². The molecule has 1 aliphatic rings. The van der Waals surface area contributed by atoms with Crippen LogP contribution in [0.5, 0.6) is 0 Å². The molecular weight excluding hydrogens is 296 g/mol. The Kier molecular flexibility index (Phi) is 10.7. The highest BCUT2D eigenvalue weighted by atomic mass is 16.5. The number of allylic oxidation sites excluding steroid dienone is 5. The first-order chi connectivity index (χ1) is 11.6. The van der Waals surface area contributed by atoms with E-state index in [9.17, 15) is 10.2 Å². The van der Waals surface area contributed by atoms with Crippen LogP contribution in [0.2, 0.25) is 0 Å². The Balaban J connectivity index is 2.35. The number of hydrogen-bond acceptors (Lipinski definition) is 2. The van der Waals surface area contributed by atoms with Gasteiger partial charge in [-0.15, -0.1) is 5.73 Å². The average Bonchev–Trinajstić information content (AvgIpc) is 3.01. The molecule has 0 aromatic heterocycles. The SMILES string of the molecule is CCCCCCC=CC1=C(CC=C=CCCC(O)(O)CC)CCC1. The first-order valence-electron chi connectivity index (χ1n) is 9.80. The minimum Gasteiger partial charge on any atom is -0.366 e. The summed E-state index contributed by atoms with van der Waals surface area (Å²) in [6.07, 6.45) is 21.3. The summed E-state index contributed by atoms with van der Waals surface area (Å²) in [5, 5.41) is 19.0. The topological polar surface area (TPSA) is 40.5 Å². The molecule has 0 amide bonds. The van der Waals surface area contributed by atoms with Gasteiger partial charge in [-0.3, -0.25) is 0 Å². The Hall–Kier alpha value is -1.08. The van der Waals surface area contributed by atoms with Gasteiger partial charge in [-0.2, -0.15) is 0 Å². The van der Waals surface area contributed by atoms with E-state index in [0.29, 0.717) is 19.3 Å². The van der Waals surface area contributed by atoms with E-state index in [-0.39, 0.29) is 0 Å². The van der Waals surface area contributed by atoms with Crippen LogP contribution < -0.4 is 0 Å². The molecule has 0 heterocycles. The summed E-state index contributed by atoms with van der Waals surface area (Å²) in [6, 6.07) is 0. The van der Waals surface area contributed by atoms with E-state index in [1.54, 1.807) is 12.5 Å². The maximum atomic E-state index is 9.52. The maximum absolute atomic E-state index is 9.52. The highest BCUT2D eigenvalue weighted by Gasteiger charge is 2.17. The standard InChI is InChI=1S/C22H36O2/c1-3-5-6-7-8-11-15-20-17-14-18-21(20)16-12-9-10-13-19-22(23,24)4-2/h10-12,15,23-24H,3-8,13-14,16-19H2,1-2H3. The van der Waals surface area contributed by atoms with Crippen molar-refractivity contribution in [3.63, 3.8) is 0 Å². The zero-order valence-electron chi connectivity index (χ0n) is 15.7. The second kappa shape index (κ2) is 12.3. The van der Waals surface area contributed by atoms with Crippen LogP contribution in [0.4, 0.5) is 0 Å². The summed E-state index contributed by atoms with van der Waals surface area (Å²) in [5.41, 5.74) is 6.27. The maximum Gasteiger partial charge on any atom is 0.162 e. The van der Waals surface area contributed by atoms with Crippen LogP contribution in [0.3, 0.4) is 0 Å². The minimum atomic E-state index is -1.53. The molecule has 2 heteroatoms. The summed E-state index contributed by atoms with van der Waals surface area (Å²) in [6.45, 7) is 4.03. The average molecular weight is 333 g/mol. The van der Waals surface area contributed by atoms with Crippen LogP contribution >= 0.6 is 0 Å². The highest BCUT2D eigenvalue weighted by molar-refractivity contribution is 5.31. The molecule has 0 radical (unpaired) electrons. The highest BCUT2D eigenvalue weighted by Crippen LogP contribution is 2.29. The molecule has 0 spiro atoms. The molecule has 0 atom stereocenters. The van der Waals surface area contributed by atoms with Crippen molar-refractivity contribution in [1.29, 1.82) is 0 Å². The molecule has 0 aliphatic heterocycles. The predicted octanol–water partition coefficient (Wildman–Crippen LogP) is 5.97. The van der Waals surface area contributed by atoms with Gasteiger partial charge in [0, 0.05) is 6.42 Å². The third-order valence-electron chi connectivity index (χ3n) is 4.76. The quantitative estimate of drug-likeness (QED) is 0.263. The van der Waals surface area contributed by atoms with E-state index >= 15 is 0 Å². The molecule has 0 bridgehead atoms. The third kappa shape index (κ3) is 9.27. The monoisotopic (exact) mass is 332 g/mol. The Morgan fingerprint density at radius 2 is 1.88 bits per heavy atom. The van der Waals surface area contributed by atoms with E-state index in [4.69, 9.17) is 0 Å². The van der Waals surface area contributed by atoms with Gasteiger partial charge < -0.3 is 10.2 Å². The summed E-state index contributed by atoms with van der Waals surface area (Å²) < 4.78 is 0. The lowest BCUT2D eigenvalue weighted by molar-refractivity contribution is -0.166. The van der Waals surface area contributed by atoms with Crippen molar-refractivity contribution >= 4 is 0 Å². The number of rotatable bonds is 12. The molecule has 0 aromatic carbocycles. The number of hydrogen-bond donors (Lipinski definition) is 2. The Morgan fingerprint density at radius 1 is 1.04 bits per heavy atom. The molecular formula is C22H36O2. The molecule has 2 nitrogen and oxygen atoms in total.